The van der Waals surface area contributed by atoms with Gasteiger partial charge in [0.2, 0.25) is 0 Å². The Labute approximate surface area is 67.2 Å². The van der Waals surface area contributed by atoms with Crippen molar-refractivity contribution in [2.75, 3.05) is 14.1 Å². The summed E-state index contributed by atoms with van der Waals surface area (Å²) in [7, 11) is 3.88. The predicted octanol–water partition coefficient (Wildman–Crippen LogP) is 2.50. The Morgan fingerprint density at radius 2 is 1.78 bits per heavy atom. The minimum Gasteiger partial charge on any atom is -0.269 e. The first-order chi connectivity index (χ1) is 3.89. The van der Waals surface area contributed by atoms with Gasteiger partial charge in [-0.25, -0.2) is 0 Å². The fourth-order valence-corrected chi connectivity index (χ4v) is 1.39. The lowest BCUT2D eigenvalue weighted by Crippen LogP contribution is -2.10. The van der Waals surface area contributed by atoms with Gasteiger partial charge in [-0.15, -0.1) is 0 Å². The molecule has 0 saturated heterocycles. The lowest BCUT2D eigenvalue weighted by molar-refractivity contribution is 0.675. The molecule has 0 bridgehead atoms. The van der Waals surface area contributed by atoms with Crippen molar-refractivity contribution >= 4 is 28.6 Å². The first-order valence-electron chi connectivity index (χ1n) is 2.86. The molecule has 0 aliphatic rings. The molecule has 0 aliphatic heterocycles. The Morgan fingerprint density at radius 3 is 1.78 bits per heavy atom. The fraction of sp³-hybridized carbons (Fsp3) is 1.00. The van der Waals surface area contributed by atoms with Crippen LogP contribution in [-0.2, 0) is 11.8 Å². The third kappa shape index (κ3) is 2.55. The lowest BCUT2D eigenvalue weighted by Gasteiger charge is -2.25. The van der Waals surface area contributed by atoms with E-state index in [2.05, 4.69) is 13.8 Å². The Bertz CT molecular complexity index is 123. The van der Waals surface area contributed by atoms with E-state index in [4.69, 9.17) is 23.0 Å². The topological polar surface area (TPSA) is 3.24 Å². The average molecular weight is 186 g/mol. The van der Waals surface area contributed by atoms with Crippen molar-refractivity contribution in [1.29, 1.82) is 0 Å². The molecule has 0 amide bonds. The molecule has 56 valence electrons. The maximum absolute atomic E-state index is 6.06. The van der Waals surface area contributed by atoms with Crippen LogP contribution >= 0.6 is 16.8 Å². The molecule has 1 atom stereocenters. The first-order valence-corrected chi connectivity index (χ1v) is 6.59. The molecular formula is C5H13ClNPS. The fourth-order valence-electron chi connectivity index (χ4n) is 0.462. The van der Waals surface area contributed by atoms with Crippen molar-refractivity contribution in [3.8, 4) is 0 Å². The summed E-state index contributed by atoms with van der Waals surface area (Å²) in [5.41, 5.74) is -1.29. The monoisotopic (exact) mass is 185 g/mol. The van der Waals surface area contributed by atoms with Gasteiger partial charge in [-0.3, -0.25) is 4.67 Å². The van der Waals surface area contributed by atoms with Crippen molar-refractivity contribution < 1.29 is 0 Å². The van der Waals surface area contributed by atoms with Gasteiger partial charge in [0.25, 0.3) is 0 Å². The summed E-state index contributed by atoms with van der Waals surface area (Å²) >= 11 is 11.3. The van der Waals surface area contributed by atoms with E-state index in [0.717, 1.165) is 0 Å². The second kappa shape index (κ2) is 3.34. The summed E-state index contributed by atoms with van der Waals surface area (Å²) in [6.45, 7) is 4.13. The van der Waals surface area contributed by atoms with Gasteiger partial charge in [0.05, 0.1) is 0 Å². The van der Waals surface area contributed by atoms with Crippen LogP contribution in [0.1, 0.15) is 13.8 Å². The van der Waals surface area contributed by atoms with Crippen LogP contribution in [0.3, 0.4) is 0 Å². The predicted molar refractivity (Wildman–Crippen MR) is 49.0 cm³/mol. The number of hydrogen-bond acceptors (Lipinski definition) is 1. The highest BCUT2D eigenvalue weighted by molar-refractivity contribution is 8.26. The number of hydrogen-bond donors (Lipinski definition) is 0. The largest absolute Gasteiger partial charge is 0.269 e. The van der Waals surface area contributed by atoms with Crippen molar-refractivity contribution in [2.24, 2.45) is 0 Å². The molecular weight excluding hydrogens is 173 g/mol. The molecule has 0 radical (unpaired) electrons. The third-order valence-corrected chi connectivity index (χ3v) is 7.87. The van der Waals surface area contributed by atoms with E-state index in [9.17, 15) is 0 Å². The van der Waals surface area contributed by atoms with E-state index >= 15 is 0 Å². The number of nitrogens with zero attached hydrogens (tertiary/aromatic N) is 1. The normalized spacial score (nSPS) is 18.6. The molecule has 0 aromatic rings. The van der Waals surface area contributed by atoms with Gasteiger partial charge >= 0.3 is 0 Å². The van der Waals surface area contributed by atoms with Gasteiger partial charge < -0.3 is 0 Å². The summed E-state index contributed by atoms with van der Waals surface area (Å²) in [5, 5.41) is 0. The van der Waals surface area contributed by atoms with Gasteiger partial charge in [-0.1, -0.05) is 36.9 Å². The summed E-state index contributed by atoms with van der Waals surface area (Å²) in [6.07, 6.45) is 0. The van der Waals surface area contributed by atoms with Crippen molar-refractivity contribution in [2.45, 2.75) is 19.5 Å². The van der Waals surface area contributed by atoms with E-state index in [1.54, 1.807) is 0 Å². The van der Waals surface area contributed by atoms with Crippen LogP contribution in [0.25, 0.3) is 0 Å². The smallest absolute Gasteiger partial charge is 0.101 e. The highest BCUT2D eigenvalue weighted by Gasteiger charge is 2.19. The second-order valence-electron chi connectivity index (χ2n) is 2.49. The lowest BCUT2D eigenvalue weighted by atomic mass is 10.6. The number of halogens is 1. The van der Waals surface area contributed by atoms with E-state index in [1.807, 2.05) is 18.8 Å². The molecule has 0 heterocycles. The van der Waals surface area contributed by atoms with Gasteiger partial charge in [0.15, 0.2) is 0 Å². The van der Waals surface area contributed by atoms with Crippen molar-refractivity contribution in [3.63, 3.8) is 0 Å². The van der Waals surface area contributed by atoms with Gasteiger partial charge in [0.1, 0.15) is 5.54 Å². The molecule has 1 unspecified atom stereocenters. The van der Waals surface area contributed by atoms with Crippen molar-refractivity contribution in [3.05, 3.63) is 0 Å². The number of rotatable bonds is 2. The van der Waals surface area contributed by atoms with Crippen LogP contribution in [0.2, 0.25) is 0 Å². The van der Waals surface area contributed by atoms with Crippen LogP contribution in [-0.4, -0.2) is 24.4 Å². The summed E-state index contributed by atoms with van der Waals surface area (Å²) in [5.74, 6) is 0. The Morgan fingerprint density at radius 1 is 1.44 bits per heavy atom. The third-order valence-electron chi connectivity index (χ3n) is 1.18. The van der Waals surface area contributed by atoms with Gasteiger partial charge in [0, 0.05) is 5.66 Å². The maximum atomic E-state index is 6.06. The molecule has 0 spiro atoms. The van der Waals surface area contributed by atoms with E-state index in [-0.39, 0.29) is 0 Å². The molecule has 1 nitrogen and oxygen atoms in total. The van der Waals surface area contributed by atoms with Gasteiger partial charge in [-0.2, -0.15) is 0 Å². The SMILES string of the molecule is CC(C)P(=S)(Cl)N(C)C. The Kier molecular flexibility index (Phi) is 3.67. The van der Waals surface area contributed by atoms with E-state index in [1.165, 1.54) is 0 Å². The molecule has 0 saturated carbocycles. The first kappa shape index (κ1) is 9.90. The quantitative estimate of drug-likeness (QED) is 0.609. The molecule has 0 aromatic carbocycles. The molecule has 0 rings (SSSR count). The summed E-state index contributed by atoms with van der Waals surface area (Å²) < 4.78 is 1.95. The zero-order chi connectivity index (χ0) is 7.65. The zero-order valence-corrected chi connectivity index (χ0v) is 8.72. The molecule has 0 N–H and O–H groups in total. The molecule has 4 heteroatoms. The van der Waals surface area contributed by atoms with E-state index in [0.29, 0.717) is 5.66 Å². The van der Waals surface area contributed by atoms with Gasteiger partial charge in [-0.05, 0) is 14.1 Å². The maximum Gasteiger partial charge on any atom is 0.101 e. The Hall–Kier alpha value is 0.900. The minimum absolute atomic E-state index is 0.407. The molecule has 0 aliphatic carbocycles. The van der Waals surface area contributed by atoms with Crippen LogP contribution in [0.4, 0.5) is 0 Å². The average Bonchev–Trinajstić information content (AvgIpc) is 1.65. The Balaban J connectivity index is 4.21. The zero-order valence-electron chi connectivity index (χ0n) is 6.26. The molecule has 9 heavy (non-hydrogen) atoms. The minimum atomic E-state index is -1.70. The molecule has 0 fully saturated rings. The van der Waals surface area contributed by atoms with Crippen LogP contribution in [0, 0.1) is 0 Å². The standard InChI is InChI=1S/C5H13ClNPS/c1-5(2)8(6,9)7(3)4/h5H,1-4H3. The summed E-state index contributed by atoms with van der Waals surface area (Å²) in [6, 6.07) is 0. The molecule has 0 aromatic heterocycles. The van der Waals surface area contributed by atoms with Crippen LogP contribution in [0.5, 0.6) is 0 Å². The van der Waals surface area contributed by atoms with Crippen LogP contribution in [0.15, 0.2) is 0 Å². The van der Waals surface area contributed by atoms with E-state index < -0.39 is 5.54 Å². The second-order valence-corrected chi connectivity index (χ2v) is 9.23. The van der Waals surface area contributed by atoms with Crippen LogP contribution < -0.4 is 0 Å². The van der Waals surface area contributed by atoms with Crippen molar-refractivity contribution in [1.82, 2.24) is 4.67 Å². The summed E-state index contributed by atoms with van der Waals surface area (Å²) in [4.78, 5) is 0. The highest BCUT2D eigenvalue weighted by Crippen LogP contribution is 2.57. The highest BCUT2D eigenvalue weighted by atomic mass is 35.7.